The van der Waals surface area contributed by atoms with Gasteiger partial charge in [0.05, 0.1) is 5.70 Å². The first-order valence-corrected chi connectivity index (χ1v) is 4.97. The molecule has 1 fully saturated rings. The standard InChI is InChI=1S/C12H12N2/c1-8-13-10-6-2-4-9-5-3-7-11(14-8)12(9)10/h2-5,8,10,12,14H,1,6H2/q-2. The van der Waals surface area contributed by atoms with Gasteiger partial charge in [0, 0.05) is 5.92 Å². The van der Waals surface area contributed by atoms with E-state index in [4.69, 9.17) is 0 Å². The molecule has 3 aliphatic rings. The third kappa shape index (κ3) is 1.08. The van der Waals surface area contributed by atoms with Crippen LogP contribution in [0.25, 0.3) is 5.32 Å². The first-order chi connectivity index (χ1) is 6.84. The van der Waals surface area contributed by atoms with Crippen LogP contribution in [0.15, 0.2) is 41.3 Å². The molecule has 0 radical (unpaired) electrons. The van der Waals surface area contributed by atoms with Crippen molar-refractivity contribution in [1.82, 2.24) is 5.32 Å². The Labute approximate surface area is 84.1 Å². The van der Waals surface area contributed by atoms with Crippen LogP contribution < -0.4 is 5.32 Å². The molecule has 0 aromatic heterocycles. The normalized spacial score (nSPS) is 38.2. The van der Waals surface area contributed by atoms with E-state index < -0.39 is 0 Å². The lowest BCUT2D eigenvalue weighted by Gasteiger charge is -2.55. The highest BCUT2D eigenvalue weighted by Crippen LogP contribution is 2.38. The van der Waals surface area contributed by atoms with Gasteiger partial charge in [0.2, 0.25) is 0 Å². The maximum atomic E-state index is 4.60. The monoisotopic (exact) mass is 184 g/mol. The second-order valence-electron chi connectivity index (χ2n) is 3.88. The van der Waals surface area contributed by atoms with Crippen LogP contribution in [0, 0.1) is 12.8 Å². The van der Waals surface area contributed by atoms with Crippen molar-refractivity contribution in [2.45, 2.75) is 18.6 Å². The molecule has 1 aliphatic heterocycles. The zero-order valence-electron chi connectivity index (χ0n) is 7.90. The fourth-order valence-electron chi connectivity index (χ4n) is 2.37. The Morgan fingerprint density at radius 2 is 2.50 bits per heavy atom. The molecule has 72 valence electrons. The van der Waals surface area contributed by atoms with E-state index in [2.05, 4.69) is 41.5 Å². The number of hydrogen-bond donors (Lipinski definition) is 1. The Bertz CT molecular complexity index is 383. The minimum atomic E-state index is -0.0157. The molecule has 2 heteroatoms. The molecule has 0 spiro atoms. The molecule has 1 heterocycles. The van der Waals surface area contributed by atoms with Crippen LogP contribution in [-0.4, -0.2) is 12.2 Å². The van der Waals surface area contributed by atoms with E-state index >= 15 is 0 Å². The van der Waals surface area contributed by atoms with Gasteiger partial charge >= 0.3 is 0 Å². The largest absolute Gasteiger partial charge is 0.666 e. The van der Waals surface area contributed by atoms with Gasteiger partial charge in [0.15, 0.2) is 0 Å². The molecule has 1 N–H and O–H groups in total. The van der Waals surface area contributed by atoms with Crippen molar-refractivity contribution in [2.75, 3.05) is 0 Å². The topological polar surface area (TPSA) is 26.1 Å². The number of hydrogen-bond acceptors (Lipinski definition) is 1. The summed E-state index contributed by atoms with van der Waals surface area (Å²) in [6.07, 6.45) is 9.50. The van der Waals surface area contributed by atoms with E-state index in [9.17, 15) is 0 Å². The van der Waals surface area contributed by atoms with Gasteiger partial charge in [0.25, 0.3) is 0 Å². The van der Waals surface area contributed by atoms with Crippen LogP contribution in [0.2, 0.25) is 0 Å². The highest BCUT2D eigenvalue weighted by molar-refractivity contribution is 5.44. The van der Waals surface area contributed by atoms with Gasteiger partial charge in [0.1, 0.15) is 0 Å². The molecule has 2 aliphatic carbocycles. The number of nitrogens with zero attached hydrogens (tertiary/aromatic N) is 1. The van der Waals surface area contributed by atoms with Crippen LogP contribution in [-0.2, 0) is 0 Å². The molecule has 0 bridgehead atoms. The van der Waals surface area contributed by atoms with Gasteiger partial charge < -0.3 is 17.6 Å². The van der Waals surface area contributed by atoms with Crippen LogP contribution in [0.3, 0.4) is 0 Å². The lowest BCUT2D eigenvalue weighted by molar-refractivity contribution is 0.461. The lowest BCUT2D eigenvalue weighted by Crippen LogP contribution is -2.43. The molecule has 3 atom stereocenters. The molecular formula is C12H12N2-2. The second kappa shape index (κ2) is 2.88. The lowest BCUT2D eigenvalue weighted by atomic mass is 9.79. The van der Waals surface area contributed by atoms with Crippen LogP contribution in [0.4, 0.5) is 0 Å². The fourth-order valence-corrected chi connectivity index (χ4v) is 2.37. The van der Waals surface area contributed by atoms with Crippen molar-refractivity contribution in [3.63, 3.8) is 0 Å². The maximum absolute atomic E-state index is 4.60. The highest BCUT2D eigenvalue weighted by atomic mass is 15.2. The van der Waals surface area contributed by atoms with E-state index in [0.29, 0.717) is 12.0 Å². The predicted octanol–water partition coefficient (Wildman–Crippen LogP) is 2.05. The van der Waals surface area contributed by atoms with E-state index in [-0.39, 0.29) is 6.17 Å². The molecule has 0 amide bonds. The Morgan fingerprint density at radius 1 is 1.57 bits per heavy atom. The van der Waals surface area contributed by atoms with Gasteiger partial charge in [-0.05, 0) is 18.1 Å². The number of nitrogens with one attached hydrogen (secondary N) is 1. The van der Waals surface area contributed by atoms with Gasteiger partial charge in [-0.25, -0.2) is 0 Å². The molecular weight excluding hydrogens is 172 g/mol. The van der Waals surface area contributed by atoms with Crippen molar-refractivity contribution >= 4 is 0 Å². The summed E-state index contributed by atoms with van der Waals surface area (Å²) in [6.45, 7) is 3.94. The summed E-state index contributed by atoms with van der Waals surface area (Å²) in [7, 11) is 0. The summed E-state index contributed by atoms with van der Waals surface area (Å²) in [5, 5.41) is 7.87. The molecule has 3 unspecified atom stereocenters. The van der Waals surface area contributed by atoms with Crippen LogP contribution in [0.5, 0.6) is 0 Å². The predicted molar refractivity (Wildman–Crippen MR) is 56.4 cm³/mol. The SMILES string of the molecule is [CH2-]C1[N-]C2CC=CC3=CC=C=C(N1)C32. The summed E-state index contributed by atoms with van der Waals surface area (Å²) >= 11 is 0. The summed E-state index contributed by atoms with van der Waals surface area (Å²) < 4.78 is 0. The highest BCUT2D eigenvalue weighted by Gasteiger charge is 2.27. The fraction of sp³-hybridized carbons (Fsp3) is 0.333. The van der Waals surface area contributed by atoms with E-state index in [1.165, 1.54) is 5.57 Å². The van der Waals surface area contributed by atoms with Gasteiger partial charge in [-0.15, -0.1) is 6.04 Å². The quantitative estimate of drug-likeness (QED) is 0.452. The Morgan fingerprint density at radius 3 is 3.43 bits per heavy atom. The minimum absolute atomic E-state index is 0.0157. The zero-order chi connectivity index (χ0) is 9.54. The average Bonchev–Trinajstić information content (AvgIpc) is 2.18. The number of rotatable bonds is 0. The van der Waals surface area contributed by atoms with Crippen molar-refractivity contribution in [3.05, 3.63) is 53.5 Å². The molecule has 0 aromatic carbocycles. The smallest absolute Gasteiger partial charge is 0.0562 e. The Kier molecular flexibility index (Phi) is 1.66. The van der Waals surface area contributed by atoms with Crippen molar-refractivity contribution in [1.29, 1.82) is 0 Å². The third-order valence-corrected chi connectivity index (χ3v) is 2.95. The van der Waals surface area contributed by atoms with E-state index in [0.717, 1.165) is 12.1 Å². The minimum Gasteiger partial charge on any atom is -0.666 e. The first-order valence-electron chi connectivity index (χ1n) is 4.97. The average molecular weight is 184 g/mol. The van der Waals surface area contributed by atoms with E-state index in [1.807, 2.05) is 6.08 Å². The third-order valence-electron chi connectivity index (χ3n) is 2.95. The van der Waals surface area contributed by atoms with Crippen molar-refractivity contribution in [2.24, 2.45) is 5.92 Å². The summed E-state index contributed by atoms with van der Waals surface area (Å²) in [6, 6.07) is 0.367. The van der Waals surface area contributed by atoms with Gasteiger partial charge in [-0.2, -0.15) is 6.17 Å². The molecule has 14 heavy (non-hydrogen) atoms. The molecule has 0 saturated carbocycles. The molecule has 2 nitrogen and oxygen atoms in total. The maximum Gasteiger partial charge on any atom is 0.0562 e. The van der Waals surface area contributed by atoms with Crippen LogP contribution >= 0.6 is 0 Å². The van der Waals surface area contributed by atoms with Gasteiger partial charge in [-0.1, -0.05) is 24.0 Å². The van der Waals surface area contributed by atoms with Crippen molar-refractivity contribution in [3.8, 4) is 0 Å². The number of allylic oxidation sites excluding steroid dienone is 2. The summed E-state index contributed by atoms with van der Waals surface area (Å²) in [5.74, 6) is 0.406. The molecule has 1 saturated heterocycles. The second-order valence-corrected chi connectivity index (χ2v) is 3.88. The summed E-state index contributed by atoms with van der Waals surface area (Å²) in [4.78, 5) is 0. The van der Waals surface area contributed by atoms with E-state index in [1.54, 1.807) is 0 Å². The summed E-state index contributed by atoms with van der Waals surface area (Å²) in [5.41, 5.74) is 5.75. The zero-order valence-corrected chi connectivity index (χ0v) is 7.90. The van der Waals surface area contributed by atoms with Crippen LogP contribution in [0.1, 0.15) is 6.42 Å². The first kappa shape index (κ1) is 8.10. The van der Waals surface area contributed by atoms with Gasteiger partial charge in [-0.3, -0.25) is 0 Å². The molecule has 3 rings (SSSR count). The van der Waals surface area contributed by atoms with Crippen molar-refractivity contribution < 1.29 is 0 Å². The Balaban J connectivity index is 2.07. The Hall–Kier alpha value is -1.24. The molecule has 0 aromatic rings.